The number of ether oxygens (including phenoxy) is 1. The molecule has 0 aliphatic carbocycles. The molecule has 0 aliphatic heterocycles. The highest BCUT2D eigenvalue weighted by molar-refractivity contribution is 9.08. The molecule has 0 aliphatic rings. The molecule has 0 amide bonds. The molecule has 8 heteroatoms. The minimum Gasteiger partial charge on any atom is -0.405 e. The normalized spacial score (nSPS) is 12.6. The second-order valence-corrected chi connectivity index (χ2v) is 3.52. The van der Waals surface area contributed by atoms with Gasteiger partial charge in [-0.05, 0) is 12.1 Å². The molecule has 17 heavy (non-hydrogen) atoms. The first-order valence-corrected chi connectivity index (χ1v) is 5.28. The topological polar surface area (TPSA) is 9.23 Å². The lowest BCUT2D eigenvalue weighted by atomic mass is 10.1. The van der Waals surface area contributed by atoms with E-state index in [0.29, 0.717) is 6.07 Å². The van der Waals surface area contributed by atoms with Gasteiger partial charge in [-0.25, -0.2) is 0 Å². The van der Waals surface area contributed by atoms with Crippen molar-refractivity contribution in [3.63, 3.8) is 0 Å². The number of rotatable bonds is 2. The van der Waals surface area contributed by atoms with Gasteiger partial charge in [-0.15, -0.1) is 13.2 Å². The van der Waals surface area contributed by atoms with Crippen LogP contribution >= 0.6 is 15.9 Å². The van der Waals surface area contributed by atoms with Crippen molar-refractivity contribution in [2.24, 2.45) is 0 Å². The van der Waals surface area contributed by atoms with E-state index in [9.17, 15) is 26.3 Å². The van der Waals surface area contributed by atoms with E-state index < -0.39 is 34.7 Å². The fourth-order valence-corrected chi connectivity index (χ4v) is 1.77. The molecule has 0 radical (unpaired) electrons. The lowest BCUT2D eigenvalue weighted by Crippen LogP contribution is -2.19. The Morgan fingerprint density at radius 3 is 2.06 bits per heavy atom. The van der Waals surface area contributed by atoms with Crippen molar-refractivity contribution in [2.75, 3.05) is 0 Å². The minimum absolute atomic E-state index is 0.395. The highest BCUT2D eigenvalue weighted by Crippen LogP contribution is 2.38. The Bertz CT molecular complexity index is 397. The molecule has 1 rings (SSSR count). The molecule has 0 atom stereocenters. The van der Waals surface area contributed by atoms with Gasteiger partial charge in [-0.3, -0.25) is 0 Å². The predicted octanol–water partition coefficient (Wildman–Crippen LogP) is 4.50. The number of benzene rings is 1. The van der Waals surface area contributed by atoms with Gasteiger partial charge < -0.3 is 4.74 Å². The fraction of sp³-hybridized carbons (Fsp3) is 0.333. The number of halogens is 7. The van der Waals surface area contributed by atoms with E-state index in [1.807, 2.05) is 0 Å². The summed E-state index contributed by atoms with van der Waals surface area (Å²) in [5.41, 5.74) is -1.74. The van der Waals surface area contributed by atoms with Crippen molar-refractivity contribution in [1.29, 1.82) is 0 Å². The van der Waals surface area contributed by atoms with Crippen LogP contribution in [-0.4, -0.2) is 6.36 Å². The molecule has 1 aromatic carbocycles. The van der Waals surface area contributed by atoms with Gasteiger partial charge in [-0.2, -0.15) is 13.2 Å². The SMILES string of the molecule is FC(F)(F)Oc1cccc(C(F)(F)F)c1CBr. The van der Waals surface area contributed by atoms with Crippen molar-refractivity contribution >= 4 is 15.9 Å². The zero-order valence-corrected chi connectivity index (χ0v) is 9.58. The Kier molecular flexibility index (Phi) is 3.95. The molecular weight excluding hydrogens is 318 g/mol. The third kappa shape index (κ3) is 3.79. The fourth-order valence-electron chi connectivity index (χ4n) is 1.19. The highest BCUT2D eigenvalue weighted by atomic mass is 79.9. The van der Waals surface area contributed by atoms with Gasteiger partial charge in [0.15, 0.2) is 0 Å². The van der Waals surface area contributed by atoms with Gasteiger partial charge in [0.25, 0.3) is 0 Å². The average Bonchev–Trinajstić information content (AvgIpc) is 2.13. The number of alkyl halides is 7. The van der Waals surface area contributed by atoms with E-state index in [4.69, 9.17) is 0 Å². The molecule has 0 N–H and O–H groups in total. The Labute approximate surface area is 101 Å². The van der Waals surface area contributed by atoms with Gasteiger partial charge in [0.1, 0.15) is 5.75 Å². The largest absolute Gasteiger partial charge is 0.573 e. The summed E-state index contributed by atoms with van der Waals surface area (Å²) in [5, 5.41) is -0.395. The van der Waals surface area contributed by atoms with Crippen LogP contribution in [-0.2, 0) is 11.5 Å². The standard InChI is InChI=1S/C9H5BrF6O/c10-4-5-6(8(11,12)13)2-1-3-7(5)17-9(14,15)16/h1-3H,4H2. The third-order valence-corrected chi connectivity index (χ3v) is 2.36. The lowest BCUT2D eigenvalue weighted by molar-refractivity contribution is -0.275. The molecule has 1 aromatic rings. The summed E-state index contributed by atoms with van der Waals surface area (Å²) >= 11 is 2.71. The van der Waals surface area contributed by atoms with Gasteiger partial charge in [-0.1, -0.05) is 22.0 Å². The molecule has 0 bridgehead atoms. The van der Waals surface area contributed by atoms with Gasteiger partial charge in [0.05, 0.1) is 5.56 Å². The van der Waals surface area contributed by atoms with E-state index in [1.54, 1.807) is 0 Å². The van der Waals surface area contributed by atoms with Crippen molar-refractivity contribution in [3.8, 4) is 5.75 Å². The van der Waals surface area contributed by atoms with Crippen molar-refractivity contribution in [2.45, 2.75) is 17.9 Å². The molecule has 0 aromatic heterocycles. The minimum atomic E-state index is -5.03. The predicted molar refractivity (Wildman–Crippen MR) is 50.8 cm³/mol. The average molecular weight is 323 g/mol. The smallest absolute Gasteiger partial charge is 0.405 e. The zero-order valence-electron chi connectivity index (χ0n) is 7.99. The summed E-state index contributed by atoms with van der Waals surface area (Å²) in [4.78, 5) is 0. The summed E-state index contributed by atoms with van der Waals surface area (Å²) < 4.78 is 76.9. The van der Waals surface area contributed by atoms with Crippen LogP contribution in [0.3, 0.4) is 0 Å². The summed E-state index contributed by atoms with van der Waals surface area (Å²) in [5.74, 6) is -0.857. The summed E-state index contributed by atoms with van der Waals surface area (Å²) in [6, 6.07) is 2.38. The monoisotopic (exact) mass is 322 g/mol. The summed E-state index contributed by atoms with van der Waals surface area (Å²) in [6.07, 6.45) is -9.75. The number of hydrogen-bond donors (Lipinski definition) is 0. The molecule has 0 saturated carbocycles. The van der Waals surface area contributed by atoms with E-state index in [-0.39, 0.29) is 0 Å². The van der Waals surface area contributed by atoms with Gasteiger partial charge in [0, 0.05) is 10.9 Å². The quantitative estimate of drug-likeness (QED) is 0.575. The van der Waals surface area contributed by atoms with Crippen LogP contribution in [0.5, 0.6) is 5.75 Å². The van der Waals surface area contributed by atoms with Gasteiger partial charge in [0.2, 0.25) is 0 Å². The zero-order chi connectivity index (χ0) is 13.3. The molecule has 96 valence electrons. The Morgan fingerprint density at radius 1 is 1.06 bits per heavy atom. The Balaban J connectivity index is 3.24. The molecule has 0 fully saturated rings. The van der Waals surface area contributed by atoms with Crippen LogP contribution in [0.15, 0.2) is 18.2 Å². The molecule has 0 unspecified atom stereocenters. The Morgan fingerprint density at radius 2 is 1.65 bits per heavy atom. The first-order chi connectivity index (χ1) is 7.65. The van der Waals surface area contributed by atoms with Crippen LogP contribution in [0, 0.1) is 0 Å². The molecule has 0 spiro atoms. The summed E-state index contributed by atoms with van der Waals surface area (Å²) in [6.45, 7) is 0. The van der Waals surface area contributed by atoms with E-state index >= 15 is 0 Å². The third-order valence-electron chi connectivity index (χ3n) is 1.80. The summed E-state index contributed by atoms with van der Waals surface area (Å²) in [7, 11) is 0. The van der Waals surface area contributed by atoms with Crippen molar-refractivity contribution in [1.82, 2.24) is 0 Å². The van der Waals surface area contributed by atoms with E-state index in [1.165, 1.54) is 0 Å². The van der Waals surface area contributed by atoms with Crippen LogP contribution in [0.2, 0.25) is 0 Å². The van der Waals surface area contributed by atoms with Crippen LogP contribution in [0.4, 0.5) is 26.3 Å². The van der Waals surface area contributed by atoms with Gasteiger partial charge >= 0.3 is 12.5 Å². The van der Waals surface area contributed by atoms with Crippen LogP contribution in [0.1, 0.15) is 11.1 Å². The van der Waals surface area contributed by atoms with Crippen molar-refractivity contribution in [3.05, 3.63) is 29.3 Å². The second kappa shape index (κ2) is 4.75. The van der Waals surface area contributed by atoms with E-state index in [0.717, 1.165) is 12.1 Å². The molecule has 0 heterocycles. The maximum Gasteiger partial charge on any atom is 0.573 e. The van der Waals surface area contributed by atoms with Crippen LogP contribution in [0.25, 0.3) is 0 Å². The lowest BCUT2D eigenvalue weighted by Gasteiger charge is -2.16. The molecular formula is C9H5BrF6O. The first-order valence-electron chi connectivity index (χ1n) is 4.16. The molecule has 1 nitrogen and oxygen atoms in total. The van der Waals surface area contributed by atoms with Crippen LogP contribution < -0.4 is 4.74 Å². The maximum absolute atomic E-state index is 12.5. The first kappa shape index (κ1) is 14.1. The second-order valence-electron chi connectivity index (χ2n) is 2.96. The molecule has 0 saturated heterocycles. The maximum atomic E-state index is 12.5. The van der Waals surface area contributed by atoms with Crippen molar-refractivity contribution < 1.29 is 31.1 Å². The highest BCUT2D eigenvalue weighted by Gasteiger charge is 2.37. The number of hydrogen-bond acceptors (Lipinski definition) is 1. The Hall–Kier alpha value is -0.920. The van der Waals surface area contributed by atoms with E-state index in [2.05, 4.69) is 20.7 Å².